The van der Waals surface area contributed by atoms with Gasteiger partial charge in [0.05, 0.1) is 24.9 Å². The van der Waals surface area contributed by atoms with Crippen LogP contribution >= 0.6 is 0 Å². The number of allylic oxidation sites excluding steroid dienone is 1. The molecular formula is C12H16O6. The molecule has 0 radical (unpaired) electrons. The van der Waals surface area contributed by atoms with E-state index in [1.807, 2.05) is 0 Å². The van der Waals surface area contributed by atoms with Crippen molar-refractivity contribution in [2.75, 3.05) is 13.2 Å². The minimum absolute atomic E-state index is 0.214. The maximum absolute atomic E-state index is 11.9. The first-order chi connectivity index (χ1) is 8.55. The zero-order valence-electron chi connectivity index (χ0n) is 10.3. The topological polar surface area (TPSA) is 74.2 Å². The highest BCUT2D eigenvalue weighted by molar-refractivity contribution is 5.90. The highest BCUT2D eigenvalue weighted by Gasteiger charge is 2.59. The van der Waals surface area contributed by atoms with E-state index in [2.05, 4.69) is 0 Å². The Kier molecular flexibility index (Phi) is 2.62. The fourth-order valence-corrected chi connectivity index (χ4v) is 2.87. The van der Waals surface area contributed by atoms with Crippen LogP contribution in [-0.2, 0) is 23.7 Å². The van der Waals surface area contributed by atoms with Gasteiger partial charge in [-0.3, -0.25) is 0 Å². The molecule has 2 unspecified atom stereocenters. The lowest BCUT2D eigenvalue weighted by Crippen LogP contribution is -2.55. The molecule has 2 fully saturated rings. The van der Waals surface area contributed by atoms with Gasteiger partial charge in [0.15, 0.2) is 0 Å². The van der Waals surface area contributed by atoms with Gasteiger partial charge in [0.25, 0.3) is 5.79 Å². The van der Waals surface area contributed by atoms with Crippen molar-refractivity contribution in [2.24, 2.45) is 5.92 Å². The van der Waals surface area contributed by atoms with E-state index in [0.29, 0.717) is 31.0 Å². The fourth-order valence-electron chi connectivity index (χ4n) is 2.87. The number of carbonyl (C=O) groups is 1. The van der Waals surface area contributed by atoms with Gasteiger partial charge in [-0.1, -0.05) is 0 Å². The third kappa shape index (κ3) is 1.56. The molecule has 0 aliphatic carbocycles. The molecule has 6 nitrogen and oxygen atoms in total. The Hall–Kier alpha value is -1.11. The molecule has 3 aliphatic heterocycles. The van der Waals surface area contributed by atoms with Gasteiger partial charge in [0.2, 0.25) is 6.29 Å². The van der Waals surface area contributed by atoms with E-state index >= 15 is 0 Å². The Labute approximate surface area is 104 Å². The van der Waals surface area contributed by atoms with E-state index in [4.69, 9.17) is 18.9 Å². The summed E-state index contributed by atoms with van der Waals surface area (Å²) in [7, 11) is 0. The molecule has 18 heavy (non-hydrogen) atoms. The molecule has 0 aromatic heterocycles. The predicted octanol–water partition coefficient (Wildman–Crippen LogP) is 0.304. The average molecular weight is 256 g/mol. The Morgan fingerprint density at radius 3 is 3.11 bits per heavy atom. The number of carbonyl (C=O) groups excluding carboxylic acids is 1. The lowest BCUT2D eigenvalue weighted by molar-refractivity contribution is -0.329. The normalized spacial score (nSPS) is 41.6. The molecular weight excluding hydrogens is 240 g/mol. The van der Waals surface area contributed by atoms with Crippen LogP contribution in [0.3, 0.4) is 0 Å². The largest absolute Gasteiger partial charge is 0.463 e. The van der Waals surface area contributed by atoms with Crippen molar-refractivity contribution >= 4 is 5.97 Å². The van der Waals surface area contributed by atoms with E-state index in [9.17, 15) is 9.90 Å². The zero-order valence-corrected chi connectivity index (χ0v) is 10.3. The number of fused-ring (bicyclic) bond motifs is 6. The maximum Gasteiger partial charge on any atom is 0.337 e. The molecule has 6 heteroatoms. The molecule has 2 saturated heterocycles. The lowest BCUT2D eigenvalue weighted by atomic mass is 9.82. The van der Waals surface area contributed by atoms with Gasteiger partial charge >= 0.3 is 5.97 Å². The molecule has 3 aliphatic rings. The molecule has 0 aromatic rings. The van der Waals surface area contributed by atoms with Gasteiger partial charge in [-0.25, -0.2) is 4.79 Å². The number of esters is 1. The second-order valence-corrected chi connectivity index (χ2v) is 4.79. The van der Waals surface area contributed by atoms with Crippen molar-refractivity contribution < 1.29 is 28.8 Å². The number of rotatable bonds is 2. The van der Waals surface area contributed by atoms with Crippen LogP contribution in [0.2, 0.25) is 0 Å². The summed E-state index contributed by atoms with van der Waals surface area (Å²) in [6.07, 6.45) is -0.681. The molecule has 0 amide bonds. The molecule has 3 rings (SSSR count). The first-order valence-corrected chi connectivity index (χ1v) is 6.11. The van der Waals surface area contributed by atoms with Crippen molar-refractivity contribution in [3.63, 3.8) is 0 Å². The van der Waals surface area contributed by atoms with E-state index in [0.717, 1.165) is 0 Å². The molecule has 3 heterocycles. The maximum atomic E-state index is 11.9. The predicted molar refractivity (Wildman–Crippen MR) is 58.1 cm³/mol. The van der Waals surface area contributed by atoms with E-state index in [-0.39, 0.29) is 12.0 Å². The van der Waals surface area contributed by atoms with Crippen molar-refractivity contribution in [1.29, 1.82) is 0 Å². The first kappa shape index (κ1) is 12.0. The van der Waals surface area contributed by atoms with Gasteiger partial charge in [0, 0.05) is 12.3 Å². The summed E-state index contributed by atoms with van der Waals surface area (Å²) in [6.45, 7) is 4.07. The van der Waals surface area contributed by atoms with Crippen LogP contribution < -0.4 is 0 Å². The minimum Gasteiger partial charge on any atom is -0.463 e. The Morgan fingerprint density at radius 2 is 2.39 bits per heavy atom. The number of aliphatic hydroxyl groups is 1. The molecule has 1 N–H and O–H groups in total. The van der Waals surface area contributed by atoms with E-state index in [1.165, 1.54) is 0 Å². The summed E-state index contributed by atoms with van der Waals surface area (Å²) < 4.78 is 21.4. The van der Waals surface area contributed by atoms with Crippen LogP contribution in [0.5, 0.6) is 0 Å². The molecule has 100 valence electrons. The monoisotopic (exact) mass is 256 g/mol. The molecule has 4 bridgehead atoms. The first-order valence-electron chi connectivity index (χ1n) is 6.11. The number of hydrogen-bond donors (Lipinski definition) is 1. The van der Waals surface area contributed by atoms with Crippen LogP contribution in [-0.4, -0.2) is 42.5 Å². The van der Waals surface area contributed by atoms with Crippen LogP contribution in [0.4, 0.5) is 0 Å². The molecule has 0 aromatic carbocycles. The highest BCUT2D eigenvalue weighted by Crippen LogP contribution is 2.47. The fraction of sp³-hybridized carbons (Fsp3) is 0.750. The van der Waals surface area contributed by atoms with Crippen LogP contribution in [0.1, 0.15) is 20.3 Å². The Balaban J connectivity index is 1.97. The van der Waals surface area contributed by atoms with Gasteiger partial charge in [-0.2, -0.15) is 0 Å². The lowest BCUT2D eigenvalue weighted by Gasteiger charge is -2.44. The summed E-state index contributed by atoms with van der Waals surface area (Å²) in [4.78, 5) is 11.9. The summed E-state index contributed by atoms with van der Waals surface area (Å²) in [5.74, 6) is -1.73. The second kappa shape index (κ2) is 3.94. The quantitative estimate of drug-likeness (QED) is 0.716. The molecule has 0 spiro atoms. The number of hydrogen-bond acceptors (Lipinski definition) is 6. The van der Waals surface area contributed by atoms with Gasteiger partial charge < -0.3 is 24.1 Å². The summed E-state index contributed by atoms with van der Waals surface area (Å²) in [5, 5.41) is 10.3. The smallest absolute Gasteiger partial charge is 0.337 e. The molecule has 4 atom stereocenters. The highest BCUT2D eigenvalue weighted by atomic mass is 16.8. The second-order valence-electron chi connectivity index (χ2n) is 4.79. The van der Waals surface area contributed by atoms with Gasteiger partial charge in [-0.05, 0) is 13.8 Å². The SMILES string of the molecule is CCOC(=O)C1=C(C)OC2(O)C[C@@H]1C1CO[C@@H]2O1. The van der Waals surface area contributed by atoms with Crippen molar-refractivity contribution in [3.8, 4) is 0 Å². The third-order valence-electron chi connectivity index (χ3n) is 3.61. The van der Waals surface area contributed by atoms with Crippen molar-refractivity contribution in [1.82, 2.24) is 0 Å². The van der Waals surface area contributed by atoms with Crippen molar-refractivity contribution in [3.05, 3.63) is 11.3 Å². The summed E-state index contributed by atoms with van der Waals surface area (Å²) >= 11 is 0. The van der Waals surface area contributed by atoms with Crippen LogP contribution in [0.25, 0.3) is 0 Å². The Morgan fingerprint density at radius 1 is 1.61 bits per heavy atom. The molecule has 0 saturated carbocycles. The van der Waals surface area contributed by atoms with E-state index < -0.39 is 18.0 Å². The average Bonchev–Trinajstić information content (AvgIpc) is 2.73. The van der Waals surface area contributed by atoms with E-state index in [1.54, 1.807) is 13.8 Å². The van der Waals surface area contributed by atoms with Gasteiger partial charge in [-0.15, -0.1) is 0 Å². The minimum atomic E-state index is -1.49. The Bertz CT molecular complexity index is 417. The standard InChI is InChI=1S/C12H16O6/c1-3-15-10(13)9-6(2)18-12(14)4-7(9)8-5-16-11(12)17-8/h7-8,11,14H,3-5H2,1-2H3/t7-,8?,11-,12?/m1/s1. The van der Waals surface area contributed by atoms with Crippen molar-refractivity contribution in [2.45, 2.75) is 38.4 Å². The summed E-state index contributed by atoms with van der Waals surface area (Å²) in [5.41, 5.74) is 0.454. The zero-order chi connectivity index (χ0) is 12.9. The van der Waals surface area contributed by atoms with Crippen LogP contribution in [0, 0.1) is 5.92 Å². The summed E-state index contributed by atoms with van der Waals surface area (Å²) in [6, 6.07) is 0. The third-order valence-corrected chi connectivity index (χ3v) is 3.61. The van der Waals surface area contributed by atoms with Gasteiger partial charge in [0.1, 0.15) is 5.76 Å². The van der Waals surface area contributed by atoms with Crippen LogP contribution in [0.15, 0.2) is 11.3 Å². The number of ether oxygens (including phenoxy) is 4.